The van der Waals surface area contributed by atoms with Crippen LogP contribution in [0.2, 0.25) is 0 Å². The van der Waals surface area contributed by atoms with Crippen LogP contribution in [0.4, 0.5) is 4.39 Å². The fourth-order valence-electron chi connectivity index (χ4n) is 4.45. The highest BCUT2D eigenvalue weighted by Gasteiger charge is 2.40. The molecule has 2 heterocycles. The van der Waals surface area contributed by atoms with E-state index in [1.165, 1.54) is 18.9 Å². The number of rotatable bonds is 3. The van der Waals surface area contributed by atoms with Crippen molar-refractivity contribution < 1.29 is 14.0 Å². The van der Waals surface area contributed by atoms with Crippen LogP contribution in [-0.2, 0) is 4.79 Å². The minimum absolute atomic E-state index is 0.162. The van der Waals surface area contributed by atoms with E-state index in [0.717, 1.165) is 44.7 Å². The number of halogens is 1. The van der Waals surface area contributed by atoms with Gasteiger partial charge in [-0.25, -0.2) is 4.39 Å². The molecule has 0 unspecified atom stereocenters. The lowest BCUT2D eigenvalue weighted by molar-refractivity contribution is -0.130. The van der Waals surface area contributed by atoms with Gasteiger partial charge in [0.05, 0.1) is 5.56 Å². The third kappa shape index (κ3) is 3.62. The number of likely N-dealkylation sites (tertiary alicyclic amines) is 2. The Morgan fingerprint density at radius 3 is 2.46 bits per heavy atom. The molecule has 4 nitrogen and oxygen atoms in total. The molecule has 3 fully saturated rings. The van der Waals surface area contributed by atoms with Gasteiger partial charge in [-0.15, -0.1) is 0 Å². The number of carbonyl (C=O) groups excluding carboxylic acids is 2. The zero-order chi connectivity index (χ0) is 18.1. The van der Waals surface area contributed by atoms with E-state index in [0.29, 0.717) is 25.4 Å². The lowest BCUT2D eigenvalue weighted by Gasteiger charge is -2.41. The smallest absolute Gasteiger partial charge is 0.256 e. The van der Waals surface area contributed by atoms with Gasteiger partial charge in [-0.05, 0) is 62.0 Å². The topological polar surface area (TPSA) is 40.6 Å². The highest BCUT2D eigenvalue weighted by Crippen LogP contribution is 2.42. The zero-order valence-electron chi connectivity index (χ0n) is 15.3. The van der Waals surface area contributed by atoms with Crippen LogP contribution in [0.3, 0.4) is 0 Å². The summed E-state index contributed by atoms with van der Waals surface area (Å²) in [6, 6.07) is 6.20. The van der Waals surface area contributed by atoms with Crippen molar-refractivity contribution in [1.29, 1.82) is 0 Å². The molecule has 4 rings (SSSR count). The van der Waals surface area contributed by atoms with Crippen molar-refractivity contribution in [3.63, 3.8) is 0 Å². The largest absolute Gasteiger partial charge is 0.342 e. The second-order valence-corrected chi connectivity index (χ2v) is 8.31. The molecule has 5 heteroatoms. The molecule has 1 spiro atoms. The summed E-state index contributed by atoms with van der Waals surface area (Å²) in [5.41, 5.74) is 0.329. The van der Waals surface area contributed by atoms with Gasteiger partial charge >= 0.3 is 0 Å². The van der Waals surface area contributed by atoms with Crippen molar-refractivity contribution in [3.05, 3.63) is 35.6 Å². The number of piperidine rings is 1. The van der Waals surface area contributed by atoms with Crippen molar-refractivity contribution in [2.75, 3.05) is 26.2 Å². The van der Waals surface area contributed by atoms with Crippen LogP contribution in [0, 0.1) is 17.2 Å². The molecule has 26 heavy (non-hydrogen) atoms. The first kappa shape index (κ1) is 17.5. The van der Waals surface area contributed by atoms with Gasteiger partial charge < -0.3 is 9.80 Å². The molecule has 1 aromatic rings. The fraction of sp³-hybridized carbons (Fsp3) is 0.619. The van der Waals surface area contributed by atoms with E-state index in [4.69, 9.17) is 0 Å². The number of benzene rings is 1. The Balaban J connectivity index is 1.37. The van der Waals surface area contributed by atoms with Crippen LogP contribution in [0.15, 0.2) is 24.3 Å². The third-order valence-corrected chi connectivity index (χ3v) is 6.53. The predicted molar refractivity (Wildman–Crippen MR) is 97.1 cm³/mol. The van der Waals surface area contributed by atoms with E-state index in [1.807, 2.05) is 0 Å². The lowest BCUT2D eigenvalue weighted by Crippen LogP contribution is -2.43. The molecule has 2 aliphatic heterocycles. The molecule has 3 aliphatic rings. The Morgan fingerprint density at radius 2 is 1.77 bits per heavy atom. The zero-order valence-corrected chi connectivity index (χ0v) is 15.3. The summed E-state index contributed by atoms with van der Waals surface area (Å²) >= 11 is 0. The van der Waals surface area contributed by atoms with Crippen molar-refractivity contribution in [2.45, 2.75) is 44.9 Å². The number of hydrogen-bond donors (Lipinski definition) is 0. The van der Waals surface area contributed by atoms with E-state index in [9.17, 15) is 14.0 Å². The molecule has 0 N–H and O–H groups in total. The van der Waals surface area contributed by atoms with E-state index < -0.39 is 5.82 Å². The minimum Gasteiger partial charge on any atom is -0.342 e. The second-order valence-electron chi connectivity index (χ2n) is 8.31. The van der Waals surface area contributed by atoms with Crippen LogP contribution in [0.5, 0.6) is 0 Å². The van der Waals surface area contributed by atoms with Gasteiger partial charge in [0.2, 0.25) is 5.91 Å². The van der Waals surface area contributed by atoms with Gasteiger partial charge in [-0.3, -0.25) is 9.59 Å². The highest BCUT2D eigenvalue weighted by molar-refractivity contribution is 5.94. The Labute approximate surface area is 154 Å². The van der Waals surface area contributed by atoms with Gasteiger partial charge in [0.1, 0.15) is 5.82 Å². The molecule has 0 bridgehead atoms. The Hall–Kier alpha value is -1.91. The van der Waals surface area contributed by atoms with E-state index in [1.54, 1.807) is 23.1 Å². The highest BCUT2D eigenvalue weighted by atomic mass is 19.1. The van der Waals surface area contributed by atoms with E-state index >= 15 is 0 Å². The molecule has 1 aliphatic carbocycles. The van der Waals surface area contributed by atoms with E-state index in [2.05, 4.69) is 4.90 Å². The first-order valence-electron chi connectivity index (χ1n) is 9.88. The van der Waals surface area contributed by atoms with Crippen LogP contribution >= 0.6 is 0 Å². The molecule has 0 aromatic heterocycles. The number of amides is 2. The van der Waals surface area contributed by atoms with Crippen molar-refractivity contribution in [1.82, 2.24) is 9.80 Å². The maximum Gasteiger partial charge on any atom is 0.256 e. The SMILES string of the molecule is O=C1CCC2(CCN1CC1CC1)CCN(C(=O)c1ccccc1F)CC2. The quantitative estimate of drug-likeness (QED) is 0.830. The Bertz CT molecular complexity index is 693. The van der Waals surface area contributed by atoms with Crippen LogP contribution < -0.4 is 0 Å². The summed E-state index contributed by atoms with van der Waals surface area (Å²) in [5.74, 6) is 0.374. The number of carbonyl (C=O) groups is 2. The Morgan fingerprint density at radius 1 is 1.08 bits per heavy atom. The number of hydrogen-bond acceptors (Lipinski definition) is 2. The molecule has 1 saturated carbocycles. The maximum absolute atomic E-state index is 13.9. The molecular formula is C21H27FN2O2. The number of nitrogens with zero attached hydrogens (tertiary/aromatic N) is 2. The summed E-state index contributed by atoms with van der Waals surface area (Å²) in [5, 5.41) is 0. The summed E-state index contributed by atoms with van der Waals surface area (Å²) in [6.07, 6.45) is 6.95. The fourth-order valence-corrected chi connectivity index (χ4v) is 4.45. The average molecular weight is 358 g/mol. The predicted octanol–water partition coefficient (Wildman–Crippen LogP) is 3.47. The first-order chi connectivity index (χ1) is 12.6. The van der Waals surface area contributed by atoms with Gasteiger partial charge in [-0.2, -0.15) is 0 Å². The van der Waals surface area contributed by atoms with Crippen molar-refractivity contribution in [3.8, 4) is 0 Å². The maximum atomic E-state index is 13.9. The van der Waals surface area contributed by atoms with Gasteiger partial charge in [0.25, 0.3) is 5.91 Å². The first-order valence-corrected chi connectivity index (χ1v) is 9.88. The minimum atomic E-state index is -0.450. The monoisotopic (exact) mass is 358 g/mol. The Kier molecular flexibility index (Phi) is 4.72. The molecule has 2 saturated heterocycles. The van der Waals surface area contributed by atoms with Crippen molar-refractivity contribution >= 4 is 11.8 Å². The summed E-state index contributed by atoms with van der Waals surface area (Å²) in [7, 11) is 0. The summed E-state index contributed by atoms with van der Waals surface area (Å²) in [4.78, 5) is 28.9. The summed E-state index contributed by atoms with van der Waals surface area (Å²) in [6.45, 7) is 3.11. The van der Waals surface area contributed by atoms with Crippen LogP contribution in [0.25, 0.3) is 0 Å². The molecule has 2 amide bonds. The standard InChI is InChI=1S/C21H27FN2O2/c22-18-4-2-1-3-17(18)20(26)23-12-9-21(10-13-23)8-7-19(25)24(14-11-21)15-16-5-6-16/h1-4,16H,5-15H2. The van der Waals surface area contributed by atoms with E-state index in [-0.39, 0.29) is 16.9 Å². The van der Waals surface area contributed by atoms with Crippen LogP contribution in [0.1, 0.15) is 55.3 Å². The molecular weight excluding hydrogens is 331 g/mol. The summed E-state index contributed by atoms with van der Waals surface area (Å²) < 4.78 is 13.9. The van der Waals surface area contributed by atoms with Gasteiger partial charge in [0.15, 0.2) is 0 Å². The van der Waals surface area contributed by atoms with Gasteiger partial charge in [-0.1, -0.05) is 12.1 Å². The molecule has 140 valence electrons. The third-order valence-electron chi connectivity index (χ3n) is 6.53. The van der Waals surface area contributed by atoms with Crippen molar-refractivity contribution in [2.24, 2.45) is 11.3 Å². The van der Waals surface area contributed by atoms with Crippen LogP contribution in [-0.4, -0.2) is 47.8 Å². The lowest BCUT2D eigenvalue weighted by atomic mass is 9.73. The van der Waals surface area contributed by atoms with Gasteiger partial charge in [0, 0.05) is 32.6 Å². The second kappa shape index (κ2) is 7.01. The normalized spacial score (nSPS) is 23.2. The molecule has 0 radical (unpaired) electrons. The average Bonchev–Trinajstić information content (AvgIpc) is 3.48. The molecule has 0 atom stereocenters. The molecule has 1 aromatic carbocycles.